The zero-order chi connectivity index (χ0) is 25.3. The van der Waals surface area contributed by atoms with E-state index >= 15 is 0 Å². The lowest BCUT2D eigenvalue weighted by atomic mass is 10.1. The molecular formula is C24H26ClF3N4O2S. The smallest absolute Gasteiger partial charge is 0.406 e. The van der Waals surface area contributed by atoms with E-state index in [1.165, 1.54) is 23.5 Å². The summed E-state index contributed by atoms with van der Waals surface area (Å²) in [6.07, 6.45) is -4.01. The van der Waals surface area contributed by atoms with Crippen LogP contribution in [0.15, 0.2) is 58.9 Å². The topological polar surface area (TPSA) is 67.7 Å². The van der Waals surface area contributed by atoms with Crippen molar-refractivity contribution < 1.29 is 22.7 Å². The second kappa shape index (κ2) is 12.8. The first-order chi connectivity index (χ1) is 16.7. The number of likely N-dealkylation sites (N-methyl/N-ethyl adjacent to an activating group) is 1. The third kappa shape index (κ3) is 8.72. The van der Waals surface area contributed by atoms with Crippen LogP contribution in [0, 0.1) is 0 Å². The van der Waals surface area contributed by atoms with Crippen LogP contribution in [0.4, 0.5) is 13.2 Å². The third-order valence-corrected chi connectivity index (χ3v) is 6.04. The molecule has 2 N–H and O–H groups in total. The fourth-order valence-electron chi connectivity index (χ4n) is 3.30. The number of carbonyl (C=O) groups is 1. The molecule has 3 aromatic rings. The maximum atomic E-state index is 12.5. The summed E-state index contributed by atoms with van der Waals surface area (Å²) < 4.78 is 43.5. The first kappa shape index (κ1) is 26.8. The highest BCUT2D eigenvalue weighted by molar-refractivity contribution is 7.07. The van der Waals surface area contributed by atoms with E-state index in [1.54, 1.807) is 12.1 Å². The van der Waals surface area contributed by atoms with Crippen molar-refractivity contribution in [3.8, 4) is 17.0 Å². The number of aromatic nitrogens is 1. The van der Waals surface area contributed by atoms with Crippen LogP contribution in [0.25, 0.3) is 11.3 Å². The molecule has 0 fully saturated rings. The third-order valence-electron chi connectivity index (χ3n) is 4.89. The van der Waals surface area contributed by atoms with Gasteiger partial charge in [0.1, 0.15) is 5.75 Å². The molecule has 1 amide bonds. The van der Waals surface area contributed by atoms with Gasteiger partial charge in [0.05, 0.1) is 18.8 Å². The SMILES string of the molecule is CCNC(=O)CNCCCn1c(-c2ccc(OC(F)(F)F)cc2)cs/c1=N\Cc1ccc(Cl)cc1. The predicted molar refractivity (Wildman–Crippen MR) is 131 cm³/mol. The summed E-state index contributed by atoms with van der Waals surface area (Å²) in [5.41, 5.74) is 2.60. The van der Waals surface area contributed by atoms with Gasteiger partial charge in [0.2, 0.25) is 5.91 Å². The standard InChI is InChI=1S/C24H26ClF3N4O2S/c1-2-30-22(33)15-29-12-3-13-32-21(18-6-10-20(11-7-18)34-24(26,27)28)16-35-23(32)31-14-17-4-8-19(25)9-5-17/h4-11,16,29H,2-3,12-15H2,1H3,(H,30,33)/b31-23-. The Morgan fingerprint density at radius 1 is 1.14 bits per heavy atom. The molecule has 6 nitrogen and oxygen atoms in total. The van der Waals surface area contributed by atoms with Crippen molar-refractivity contribution in [1.29, 1.82) is 0 Å². The zero-order valence-electron chi connectivity index (χ0n) is 19.1. The van der Waals surface area contributed by atoms with Crippen LogP contribution in [0.3, 0.4) is 0 Å². The molecule has 188 valence electrons. The molecule has 0 aliphatic carbocycles. The lowest BCUT2D eigenvalue weighted by Crippen LogP contribution is -2.34. The van der Waals surface area contributed by atoms with Crippen molar-refractivity contribution in [1.82, 2.24) is 15.2 Å². The van der Waals surface area contributed by atoms with Crippen LogP contribution in [-0.4, -0.2) is 36.5 Å². The average molecular weight is 527 g/mol. The summed E-state index contributed by atoms with van der Waals surface area (Å²) >= 11 is 7.41. The molecule has 0 aliphatic rings. The van der Waals surface area contributed by atoms with E-state index in [4.69, 9.17) is 16.6 Å². The second-order valence-corrected chi connectivity index (χ2v) is 8.83. The Bertz CT molecular complexity index is 1160. The van der Waals surface area contributed by atoms with Crippen LogP contribution < -0.4 is 20.2 Å². The number of nitrogens with one attached hydrogen (secondary N) is 2. The molecule has 0 aliphatic heterocycles. The summed E-state index contributed by atoms with van der Waals surface area (Å²) in [4.78, 5) is 17.1. The molecule has 0 bridgehead atoms. The summed E-state index contributed by atoms with van der Waals surface area (Å²) in [5, 5.41) is 8.44. The zero-order valence-corrected chi connectivity index (χ0v) is 20.6. The summed E-state index contributed by atoms with van der Waals surface area (Å²) in [6.45, 7) is 4.38. The maximum Gasteiger partial charge on any atom is 0.573 e. The lowest BCUT2D eigenvalue weighted by molar-refractivity contribution is -0.274. The number of carbonyl (C=O) groups excluding carboxylic acids is 1. The van der Waals surface area contributed by atoms with E-state index in [1.807, 2.05) is 41.1 Å². The Morgan fingerprint density at radius 3 is 2.51 bits per heavy atom. The van der Waals surface area contributed by atoms with Gasteiger partial charge in [0.15, 0.2) is 4.80 Å². The quantitative estimate of drug-likeness (QED) is 0.346. The van der Waals surface area contributed by atoms with E-state index in [9.17, 15) is 18.0 Å². The number of thiazole rings is 1. The Balaban J connectivity index is 1.78. The van der Waals surface area contributed by atoms with E-state index in [-0.39, 0.29) is 18.2 Å². The van der Waals surface area contributed by atoms with Gasteiger partial charge in [-0.2, -0.15) is 0 Å². The normalized spacial score (nSPS) is 12.1. The van der Waals surface area contributed by atoms with Crippen molar-refractivity contribution in [3.05, 3.63) is 69.3 Å². The van der Waals surface area contributed by atoms with Gasteiger partial charge in [0, 0.05) is 23.5 Å². The molecule has 0 saturated heterocycles. The first-order valence-corrected chi connectivity index (χ1v) is 12.3. The highest BCUT2D eigenvalue weighted by atomic mass is 35.5. The molecular weight excluding hydrogens is 501 g/mol. The Morgan fingerprint density at radius 2 is 1.86 bits per heavy atom. The molecule has 0 atom stereocenters. The molecule has 0 saturated carbocycles. The van der Waals surface area contributed by atoms with Crippen LogP contribution in [0.2, 0.25) is 5.02 Å². The summed E-state index contributed by atoms with van der Waals surface area (Å²) in [5.74, 6) is -0.332. The number of amides is 1. The average Bonchev–Trinajstić information content (AvgIpc) is 3.21. The highest BCUT2D eigenvalue weighted by Crippen LogP contribution is 2.27. The van der Waals surface area contributed by atoms with Gasteiger partial charge in [-0.25, -0.2) is 0 Å². The van der Waals surface area contributed by atoms with E-state index in [0.29, 0.717) is 31.2 Å². The first-order valence-electron chi connectivity index (χ1n) is 11.0. The number of ether oxygens (including phenoxy) is 1. The van der Waals surface area contributed by atoms with Gasteiger partial charge in [-0.15, -0.1) is 24.5 Å². The Hall–Kier alpha value is -2.82. The van der Waals surface area contributed by atoms with Crippen LogP contribution in [-0.2, 0) is 17.9 Å². The maximum absolute atomic E-state index is 12.5. The molecule has 1 heterocycles. The Labute approximate surface area is 210 Å². The number of benzene rings is 2. The van der Waals surface area contributed by atoms with Crippen LogP contribution in [0.5, 0.6) is 5.75 Å². The molecule has 11 heteroatoms. The van der Waals surface area contributed by atoms with E-state index < -0.39 is 6.36 Å². The monoisotopic (exact) mass is 526 g/mol. The minimum Gasteiger partial charge on any atom is -0.406 e. The highest BCUT2D eigenvalue weighted by Gasteiger charge is 2.31. The largest absolute Gasteiger partial charge is 0.573 e. The van der Waals surface area contributed by atoms with Gasteiger partial charge in [-0.1, -0.05) is 23.7 Å². The molecule has 0 unspecified atom stereocenters. The number of hydrogen-bond acceptors (Lipinski definition) is 5. The van der Waals surface area contributed by atoms with Crippen molar-refractivity contribution in [2.75, 3.05) is 19.6 Å². The number of hydrogen-bond donors (Lipinski definition) is 2. The van der Waals surface area contributed by atoms with E-state index in [2.05, 4.69) is 15.4 Å². The number of nitrogens with zero attached hydrogens (tertiary/aromatic N) is 2. The molecule has 3 rings (SSSR count). The van der Waals surface area contributed by atoms with Crippen LogP contribution >= 0.6 is 22.9 Å². The lowest BCUT2D eigenvalue weighted by Gasteiger charge is -2.12. The predicted octanol–water partition coefficient (Wildman–Crippen LogP) is 4.99. The minimum absolute atomic E-state index is 0.0591. The van der Waals surface area contributed by atoms with Gasteiger partial charge in [0.25, 0.3) is 0 Å². The van der Waals surface area contributed by atoms with Gasteiger partial charge >= 0.3 is 6.36 Å². The molecule has 0 radical (unpaired) electrons. The van der Waals surface area contributed by atoms with E-state index in [0.717, 1.165) is 28.0 Å². The number of halogens is 4. The van der Waals surface area contributed by atoms with Gasteiger partial charge in [-0.05, 0) is 67.4 Å². The second-order valence-electron chi connectivity index (χ2n) is 7.55. The molecule has 0 spiro atoms. The number of alkyl halides is 3. The summed E-state index contributed by atoms with van der Waals surface area (Å²) in [7, 11) is 0. The fraction of sp³-hybridized carbons (Fsp3) is 0.333. The summed E-state index contributed by atoms with van der Waals surface area (Å²) in [6, 6.07) is 13.2. The van der Waals surface area contributed by atoms with Crippen molar-refractivity contribution >= 4 is 28.8 Å². The fourth-order valence-corrected chi connectivity index (χ4v) is 4.36. The van der Waals surface area contributed by atoms with Crippen molar-refractivity contribution in [2.45, 2.75) is 32.8 Å². The Kier molecular flexibility index (Phi) is 9.76. The van der Waals surface area contributed by atoms with Gasteiger partial charge < -0.3 is 19.9 Å². The molecule has 2 aromatic carbocycles. The number of rotatable bonds is 11. The van der Waals surface area contributed by atoms with Crippen molar-refractivity contribution in [3.63, 3.8) is 0 Å². The minimum atomic E-state index is -4.74. The van der Waals surface area contributed by atoms with Crippen LogP contribution in [0.1, 0.15) is 18.9 Å². The van der Waals surface area contributed by atoms with Gasteiger partial charge in [-0.3, -0.25) is 9.79 Å². The van der Waals surface area contributed by atoms with Crippen molar-refractivity contribution in [2.24, 2.45) is 4.99 Å². The molecule has 1 aromatic heterocycles. The molecule has 35 heavy (non-hydrogen) atoms.